The van der Waals surface area contributed by atoms with Crippen LogP contribution in [-0.4, -0.2) is 18.1 Å². The number of aromatic nitrogens is 1. The van der Waals surface area contributed by atoms with Crippen LogP contribution >= 0.6 is 11.3 Å². The van der Waals surface area contributed by atoms with Crippen LogP contribution in [0.3, 0.4) is 0 Å². The number of anilines is 2. The van der Waals surface area contributed by atoms with Crippen LogP contribution in [0.25, 0.3) is 0 Å². The minimum Gasteiger partial charge on any atom is -0.465 e. The van der Waals surface area contributed by atoms with Crippen molar-refractivity contribution in [3.63, 3.8) is 0 Å². The lowest BCUT2D eigenvalue weighted by molar-refractivity contribution is 0.0606. The molecule has 0 radical (unpaired) electrons. The monoisotopic (exact) mass is 288 g/mol. The minimum absolute atomic E-state index is 0.0119. The van der Waals surface area contributed by atoms with Crippen LogP contribution in [0.15, 0.2) is 18.3 Å². The second kappa shape index (κ2) is 5.27. The fourth-order valence-corrected chi connectivity index (χ4v) is 2.03. The highest BCUT2D eigenvalue weighted by atomic mass is 32.1. The Morgan fingerprint density at radius 1 is 1.32 bits per heavy atom. The largest absolute Gasteiger partial charge is 0.465 e. The Bertz CT molecular complexity index is 607. The van der Waals surface area contributed by atoms with E-state index in [4.69, 9.17) is 0 Å². The maximum atomic E-state index is 13.0. The minimum atomic E-state index is -1.54. The molecule has 0 spiro atoms. The van der Waals surface area contributed by atoms with Crippen molar-refractivity contribution in [2.45, 2.75) is 0 Å². The summed E-state index contributed by atoms with van der Waals surface area (Å²) in [6, 6.07) is 1.58. The van der Waals surface area contributed by atoms with Gasteiger partial charge in [0, 0.05) is 17.8 Å². The molecular weight excluding hydrogens is 281 g/mol. The average Bonchev–Trinajstić information content (AvgIpc) is 2.83. The Balaban J connectivity index is 2.22. The predicted octanol–water partition coefficient (Wildman–Crippen LogP) is 3.09. The molecule has 19 heavy (non-hydrogen) atoms. The summed E-state index contributed by atoms with van der Waals surface area (Å²) in [6.07, 6.45) is 1.26. The first-order valence-corrected chi connectivity index (χ1v) is 5.78. The summed E-state index contributed by atoms with van der Waals surface area (Å²) in [5.41, 5.74) is -0.0119. The van der Waals surface area contributed by atoms with Crippen LogP contribution in [0.1, 0.15) is 9.67 Å². The Kier molecular flexibility index (Phi) is 3.70. The third-order valence-corrected chi connectivity index (χ3v) is 3.02. The molecule has 0 unspecified atom stereocenters. The van der Waals surface area contributed by atoms with Gasteiger partial charge < -0.3 is 10.1 Å². The summed E-state index contributed by atoms with van der Waals surface area (Å²) >= 11 is 0.941. The van der Waals surface area contributed by atoms with Crippen molar-refractivity contribution in [3.8, 4) is 0 Å². The molecule has 0 aliphatic rings. The lowest BCUT2D eigenvalue weighted by Gasteiger charge is -2.03. The molecule has 0 aliphatic carbocycles. The van der Waals surface area contributed by atoms with Crippen LogP contribution in [-0.2, 0) is 4.74 Å². The first kappa shape index (κ1) is 13.3. The third kappa shape index (κ3) is 2.84. The molecule has 1 aromatic heterocycles. The van der Waals surface area contributed by atoms with E-state index in [2.05, 4.69) is 15.0 Å². The number of ether oxygens (including phenoxy) is 1. The topological polar surface area (TPSA) is 51.2 Å². The fraction of sp³-hybridized carbons (Fsp3) is 0.0909. The summed E-state index contributed by atoms with van der Waals surface area (Å²) < 4.78 is 43.2. The van der Waals surface area contributed by atoms with E-state index in [9.17, 15) is 18.0 Å². The number of carbonyl (C=O) groups excluding carboxylic acids is 1. The maximum absolute atomic E-state index is 13.0. The van der Waals surface area contributed by atoms with Crippen LogP contribution in [0.2, 0.25) is 0 Å². The molecule has 2 rings (SSSR count). The van der Waals surface area contributed by atoms with Gasteiger partial charge in [-0.3, -0.25) is 0 Å². The number of nitrogens with one attached hydrogen (secondary N) is 1. The van der Waals surface area contributed by atoms with Crippen molar-refractivity contribution in [3.05, 3.63) is 40.7 Å². The number of nitrogens with zero attached hydrogens (tertiary/aromatic N) is 1. The Morgan fingerprint density at radius 3 is 2.53 bits per heavy atom. The van der Waals surface area contributed by atoms with Gasteiger partial charge >= 0.3 is 5.97 Å². The predicted molar refractivity (Wildman–Crippen MR) is 63.1 cm³/mol. The molecular formula is C11H7F3N2O2S. The smallest absolute Gasteiger partial charge is 0.349 e. The van der Waals surface area contributed by atoms with E-state index in [-0.39, 0.29) is 15.7 Å². The maximum Gasteiger partial charge on any atom is 0.349 e. The lowest BCUT2D eigenvalue weighted by atomic mass is 10.3. The van der Waals surface area contributed by atoms with E-state index in [0.29, 0.717) is 0 Å². The molecule has 0 bridgehead atoms. The summed E-state index contributed by atoms with van der Waals surface area (Å²) in [6.45, 7) is 0. The second-order valence-electron chi connectivity index (χ2n) is 3.40. The first-order chi connectivity index (χ1) is 9.01. The molecule has 0 aliphatic heterocycles. The van der Waals surface area contributed by atoms with Crippen LogP contribution < -0.4 is 5.32 Å². The van der Waals surface area contributed by atoms with Crippen molar-refractivity contribution < 1.29 is 22.7 Å². The van der Waals surface area contributed by atoms with Gasteiger partial charge in [-0.25, -0.2) is 22.9 Å². The van der Waals surface area contributed by atoms with Crippen LogP contribution in [0, 0.1) is 17.5 Å². The number of thiazole rings is 1. The lowest BCUT2D eigenvalue weighted by Crippen LogP contribution is -1.97. The Hall–Kier alpha value is -2.09. The zero-order chi connectivity index (χ0) is 14.0. The van der Waals surface area contributed by atoms with Crippen molar-refractivity contribution in [2.75, 3.05) is 12.4 Å². The molecule has 0 fully saturated rings. The SMILES string of the molecule is COC(=O)c1cnc(Nc2cc(F)c(F)c(F)c2)s1. The number of halogens is 3. The molecule has 8 heteroatoms. The van der Waals surface area contributed by atoms with Crippen molar-refractivity contribution in [1.29, 1.82) is 0 Å². The van der Waals surface area contributed by atoms with Crippen molar-refractivity contribution >= 4 is 28.1 Å². The number of hydrogen-bond acceptors (Lipinski definition) is 5. The van der Waals surface area contributed by atoms with Gasteiger partial charge in [0.2, 0.25) is 0 Å². The van der Waals surface area contributed by atoms with Gasteiger partial charge in [0.25, 0.3) is 0 Å². The van der Waals surface area contributed by atoms with Gasteiger partial charge in [-0.2, -0.15) is 0 Å². The number of esters is 1. The highest BCUT2D eigenvalue weighted by Gasteiger charge is 2.13. The second-order valence-corrected chi connectivity index (χ2v) is 4.43. The number of hydrogen-bond donors (Lipinski definition) is 1. The Labute approximate surface area is 109 Å². The van der Waals surface area contributed by atoms with Gasteiger partial charge in [0.1, 0.15) is 4.88 Å². The number of rotatable bonds is 3. The summed E-state index contributed by atoms with van der Waals surface area (Å²) in [7, 11) is 1.22. The first-order valence-electron chi connectivity index (χ1n) is 4.97. The zero-order valence-electron chi connectivity index (χ0n) is 9.54. The van der Waals surface area contributed by atoms with Gasteiger partial charge in [-0.15, -0.1) is 0 Å². The van der Waals surface area contributed by atoms with E-state index >= 15 is 0 Å². The number of carbonyl (C=O) groups is 1. The zero-order valence-corrected chi connectivity index (χ0v) is 10.4. The molecule has 4 nitrogen and oxygen atoms in total. The molecule has 1 N–H and O–H groups in total. The summed E-state index contributed by atoms with van der Waals surface area (Å²) in [5, 5.41) is 2.79. The fourth-order valence-electron chi connectivity index (χ4n) is 1.28. The van der Waals surface area contributed by atoms with Crippen molar-refractivity contribution in [1.82, 2.24) is 4.98 Å². The van der Waals surface area contributed by atoms with Gasteiger partial charge in [-0.05, 0) is 0 Å². The third-order valence-electron chi connectivity index (χ3n) is 2.13. The van der Waals surface area contributed by atoms with E-state index in [0.717, 1.165) is 23.5 Å². The van der Waals surface area contributed by atoms with Gasteiger partial charge in [0.15, 0.2) is 22.6 Å². The molecule has 1 aromatic carbocycles. The molecule has 0 saturated carbocycles. The molecule has 0 amide bonds. The van der Waals surface area contributed by atoms with E-state index in [1.54, 1.807) is 0 Å². The molecule has 1 heterocycles. The number of methoxy groups -OCH3 is 1. The average molecular weight is 288 g/mol. The molecule has 100 valence electrons. The summed E-state index contributed by atoms with van der Waals surface area (Å²) in [4.78, 5) is 15.2. The van der Waals surface area contributed by atoms with Crippen LogP contribution in [0.5, 0.6) is 0 Å². The molecule has 0 saturated heterocycles. The Morgan fingerprint density at radius 2 is 1.95 bits per heavy atom. The quantitative estimate of drug-likeness (QED) is 0.696. The van der Waals surface area contributed by atoms with Crippen molar-refractivity contribution in [2.24, 2.45) is 0 Å². The summed E-state index contributed by atoms with van der Waals surface area (Å²) in [5.74, 6) is -4.73. The van der Waals surface area contributed by atoms with Crippen LogP contribution in [0.4, 0.5) is 24.0 Å². The highest BCUT2D eigenvalue weighted by molar-refractivity contribution is 7.17. The molecule has 0 atom stereocenters. The van der Waals surface area contributed by atoms with E-state index in [1.807, 2.05) is 0 Å². The highest BCUT2D eigenvalue weighted by Crippen LogP contribution is 2.25. The standard InChI is InChI=1S/C11H7F3N2O2S/c1-18-10(17)8-4-15-11(19-8)16-5-2-6(12)9(14)7(13)3-5/h2-4H,1H3,(H,15,16). The van der Waals surface area contributed by atoms with Gasteiger partial charge in [-0.1, -0.05) is 11.3 Å². The van der Waals surface area contributed by atoms with Gasteiger partial charge in [0.05, 0.1) is 13.3 Å². The molecule has 2 aromatic rings. The van der Waals surface area contributed by atoms with E-state index in [1.165, 1.54) is 13.3 Å². The normalized spacial score (nSPS) is 10.3. The van der Waals surface area contributed by atoms with E-state index < -0.39 is 23.4 Å². The number of benzene rings is 1.